The van der Waals surface area contributed by atoms with E-state index in [2.05, 4.69) is 5.32 Å². The molecule has 1 aliphatic heterocycles. The van der Waals surface area contributed by atoms with E-state index in [4.69, 9.17) is 0 Å². The standard InChI is InChI=1S/C5H6F3NO/c6-5(7,8)3-1-9-2-4(3)10/h3,9H,1-2H2. The minimum absolute atomic E-state index is 0.149. The van der Waals surface area contributed by atoms with Crippen molar-refractivity contribution in [3.8, 4) is 0 Å². The van der Waals surface area contributed by atoms with Crippen LogP contribution in [-0.4, -0.2) is 25.0 Å². The Balaban J connectivity index is 2.64. The highest BCUT2D eigenvalue weighted by Crippen LogP contribution is 2.28. The monoisotopic (exact) mass is 153 g/mol. The molecule has 0 spiro atoms. The molecule has 0 radical (unpaired) electrons. The van der Waals surface area contributed by atoms with Crippen molar-refractivity contribution in [2.45, 2.75) is 6.18 Å². The van der Waals surface area contributed by atoms with Crippen LogP contribution in [0.2, 0.25) is 0 Å². The Hall–Kier alpha value is -0.580. The number of rotatable bonds is 0. The van der Waals surface area contributed by atoms with Crippen molar-refractivity contribution in [1.29, 1.82) is 0 Å². The van der Waals surface area contributed by atoms with Crippen LogP contribution in [0.15, 0.2) is 0 Å². The first-order valence-electron chi connectivity index (χ1n) is 2.82. The first-order valence-corrected chi connectivity index (χ1v) is 2.82. The second-order valence-corrected chi connectivity index (χ2v) is 2.19. The summed E-state index contributed by atoms with van der Waals surface area (Å²) in [6.45, 7) is -0.410. The first kappa shape index (κ1) is 7.53. The maximum Gasteiger partial charge on any atom is 0.399 e. The zero-order valence-corrected chi connectivity index (χ0v) is 5.03. The van der Waals surface area contributed by atoms with Crippen molar-refractivity contribution in [2.75, 3.05) is 13.1 Å². The number of carbonyl (C=O) groups is 1. The van der Waals surface area contributed by atoms with E-state index in [1.807, 2.05) is 0 Å². The lowest BCUT2D eigenvalue weighted by atomic mass is 10.1. The molecule has 0 aromatic heterocycles. The van der Waals surface area contributed by atoms with Gasteiger partial charge >= 0.3 is 6.18 Å². The fraction of sp³-hybridized carbons (Fsp3) is 0.800. The number of ketones is 1. The number of halogens is 3. The number of hydrogen-bond donors (Lipinski definition) is 1. The van der Waals surface area contributed by atoms with Crippen LogP contribution in [0, 0.1) is 5.92 Å². The third kappa shape index (κ3) is 1.29. The molecule has 1 atom stereocenters. The summed E-state index contributed by atoms with van der Waals surface area (Å²) >= 11 is 0. The number of alkyl halides is 3. The highest BCUT2D eigenvalue weighted by molar-refractivity contribution is 5.85. The lowest BCUT2D eigenvalue weighted by molar-refractivity contribution is -0.174. The average molecular weight is 153 g/mol. The van der Waals surface area contributed by atoms with Gasteiger partial charge in [0.1, 0.15) is 5.92 Å². The molecule has 58 valence electrons. The minimum Gasteiger partial charge on any atom is -0.309 e. The van der Waals surface area contributed by atoms with Gasteiger partial charge in [-0.05, 0) is 0 Å². The smallest absolute Gasteiger partial charge is 0.309 e. The molecule has 0 bridgehead atoms. The van der Waals surface area contributed by atoms with Gasteiger partial charge in [-0.2, -0.15) is 13.2 Å². The molecule has 2 nitrogen and oxygen atoms in total. The molecule has 1 aliphatic rings. The van der Waals surface area contributed by atoms with Gasteiger partial charge in [-0.1, -0.05) is 0 Å². The Bertz CT molecular complexity index is 153. The van der Waals surface area contributed by atoms with Gasteiger partial charge < -0.3 is 5.32 Å². The second-order valence-electron chi connectivity index (χ2n) is 2.19. The molecule has 1 rings (SSSR count). The van der Waals surface area contributed by atoms with E-state index in [9.17, 15) is 18.0 Å². The summed E-state index contributed by atoms with van der Waals surface area (Å²) in [5.74, 6) is -2.53. The highest BCUT2D eigenvalue weighted by Gasteiger charge is 2.46. The van der Waals surface area contributed by atoms with Crippen LogP contribution in [0.5, 0.6) is 0 Å². The maximum atomic E-state index is 11.8. The van der Waals surface area contributed by atoms with E-state index < -0.39 is 17.9 Å². The van der Waals surface area contributed by atoms with Crippen molar-refractivity contribution in [3.63, 3.8) is 0 Å². The molecule has 1 N–H and O–H groups in total. The Morgan fingerprint density at radius 3 is 2.30 bits per heavy atom. The first-order chi connectivity index (χ1) is 4.52. The van der Waals surface area contributed by atoms with Gasteiger partial charge in [-0.15, -0.1) is 0 Å². The summed E-state index contributed by atoms with van der Waals surface area (Å²) in [5.41, 5.74) is 0. The van der Waals surface area contributed by atoms with Crippen LogP contribution in [0.1, 0.15) is 0 Å². The molecule has 0 aromatic carbocycles. The quantitative estimate of drug-likeness (QED) is 0.543. The molecule has 1 saturated heterocycles. The molecule has 0 amide bonds. The number of Topliss-reactive ketones (excluding diaryl/α,β-unsaturated/α-hetero) is 1. The highest BCUT2D eigenvalue weighted by atomic mass is 19.4. The fourth-order valence-corrected chi connectivity index (χ4v) is 0.875. The number of nitrogens with one attached hydrogen (secondary N) is 1. The lowest BCUT2D eigenvalue weighted by Gasteiger charge is -2.10. The van der Waals surface area contributed by atoms with Crippen molar-refractivity contribution in [3.05, 3.63) is 0 Å². The van der Waals surface area contributed by atoms with E-state index in [1.165, 1.54) is 0 Å². The molecule has 1 unspecified atom stereocenters. The van der Waals surface area contributed by atoms with Gasteiger partial charge in [0.15, 0.2) is 5.78 Å². The maximum absolute atomic E-state index is 11.8. The summed E-state index contributed by atoms with van der Waals surface area (Å²) in [4.78, 5) is 10.4. The number of carbonyl (C=O) groups excluding carboxylic acids is 1. The van der Waals surface area contributed by atoms with Gasteiger partial charge in [0.05, 0.1) is 6.54 Å². The average Bonchev–Trinajstić information content (AvgIpc) is 2.11. The molecule has 0 aromatic rings. The zero-order valence-electron chi connectivity index (χ0n) is 5.03. The van der Waals surface area contributed by atoms with Gasteiger partial charge in [-0.25, -0.2) is 0 Å². The second kappa shape index (κ2) is 2.23. The lowest BCUT2D eigenvalue weighted by Crippen LogP contribution is -2.29. The normalized spacial score (nSPS) is 27.5. The van der Waals surface area contributed by atoms with Crippen molar-refractivity contribution < 1.29 is 18.0 Å². The van der Waals surface area contributed by atoms with Crippen LogP contribution in [-0.2, 0) is 4.79 Å². The predicted octanol–water partition coefficient (Wildman–Crippen LogP) is 0.337. The Labute approximate surface area is 55.4 Å². The van der Waals surface area contributed by atoms with Crippen LogP contribution in [0.25, 0.3) is 0 Å². The van der Waals surface area contributed by atoms with Crippen molar-refractivity contribution in [2.24, 2.45) is 5.92 Å². The van der Waals surface area contributed by atoms with E-state index in [0.717, 1.165) is 0 Å². The topological polar surface area (TPSA) is 29.1 Å². The number of hydrogen-bond acceptors (Lipinski definition) is 2. The third-order valence-electron chi connectivity index (χ3n) is 1.43. The van der Waals surface area contributed by atoms with Crippen LogP contribution in [0.4, 0.5) is 13.2 Å². The Morgan fingerprint density at radius 2 is 2.10 bits per heavy atom. The molecule has 0 aliphatic carbocycles. The van der Waals surface area contributed by atoms with E-state index in [1.54, 1.807) is 0 Å². The molecular formula is C5H6F3NO. The van der Waals surface area contributed by atoms with E-state index in [-0.39, 0.29) is 13.1 Å². The Kier molecular flexibility index (Phi) is 1.68. The SMILES string of the molecule is O=C1CNCC1C(F)(F)F. The molecule has 1 heterocycles. The summed E-state index contributed by atoms with van der Waals surface area (Å²) in [6.07, 6.45) is -4.36. The summed E-state index contributed by atoms with van der Waals surface area (Å²) in [5, 5.41) is 2.36. The van der Waals surface area contributed by atoms with Gasteiger partial charge in [-0.3, -0.25) is 4.79 Å². The van der Waals surface area contributed by atoms with Crippen molar-refractivity contribution >= 4 is 5.78 Å². The minimum atomic E-state index is -4.36. The van der Waals surface area contributed by atoms with Gasteiger partial charge in [0.25, 0.3) is 0 Å². The predicted molar refractivity (Wildman–Crippen MR) is 27.4 cm³/mol. The molecule has 5 heteroatoms. The summed E-state index contributed by atoms with van der Waals surface area (Å²) < 4.78 is 35.3. The summed E-state index contributed by atoms with van der Waals surface area (Å²) in [6, 6.07) is 0. The van der Waals surface area contributed by atoms with Crippen molar-refractivity contribution in [1.82, 2.24) is 5.32 Å². The molecule has 10 heavy (non-hydrogen) atoms. The third-order valence-corrected chi connectivity index (χ3v) is 1.43. The fourth-order valence-electron chi connectivity index (χ4n) is 0.875. The largest absolute Gasteiger partial charge is 0.399 e. The molecule has 1 fully saturated rings. The molecule has 0 saturated carbocycles. The Morgan fingerprint density at radius 1 is 1.50 bits per heavy atom. The van der Waals surface area contributed by atoms with E-state index >= 15 is 0 Å². The zero-order chi connectivity index (χ0) is 7.78. The van der Waals surface area contributed by atoms with Gasteiger partial charge in [0.2, 0.25) is 0 Å². The van der Waals surface area contributed by atoms with Crippen LogP contribution >= 0.6 is 0 Å². The van der Waals surface area contributed by atoms with Crippen LogP contribution < -0.4 is 5.32 Å². The van der Waals surface area contributed by atoms with E-state index in [0.29, 0.717) is 0 Å². The summed E-state index contributed by atoms with van der Waals surface area (Å²) in [7, 11) is 0. The molecular weight excluding hydrogens is 147 g/mol. The van der Waals surface area contributed by atoms with Gasteiger partial charge in [0, 0.05) is 6.54 Å². The van der Waals surface area contributed by atoms with Crippen LogP contribution in [0.3, 0.4) is 0 Å².